The largest absolute Gasteiger partial charge is 0.488 e. The lowest BCUT2D eigenvalue weighted by Crippen LogP contribution is -2.14. The normalized spacial score (nSPS) is 17.4. The first-order chi connectivity index (χ1) is 11.2. The van der Waals surface area contributed by atoms with Crippen LogP contribution in [0.3, 0.4) is 0 Å². The molecule has 0 saturated carbocycles. The molecule has 4 nitrogen and oxygen atoms in total. The fourth-order valence-corrected chi connectivity index (χ4v) is 2.96. The van der Waals surface area contributed by atoms with E-state index in [2.05, 4.69) is 6.07 Å². The Morgan fingerprint density at radius 1 is 1.22 bits per heavy atom. The molecule has 2 aromatic carbocycles. The number of ether oxygens (including phenoxy) is 2. The van der Waals surface area contributed by atoms with Crippen LogP contribution in [-0.4, -0.2) is 18.2 Å². The number of aliphatic hydroxyl groups excluding tert-OH is 1. The zero-order valence-electron chi connectivity index (χ0n) is 13.1. The Bertz CT molecular complexity index is 685. The second-order valence-electron chi connectivity index (χ2n) is 5.67. The minimum atomic E-state index is -0.432. The molecule has 1 N–H and O–H groups in total. The van der Waals surface area contributed by atoms with Crippen molar-refractivity contribution in [3.8, 4) is 5.75 Å². The van der Waals surface area contributed by atoms with E-state index < -0.39 is 6.10 Å². The van der Waals surface area contributed by atoms with Gasteiger partial charge in [-0.2, -0.15) is 0 Å². The van der Waals surface area contributed by atoms with Crippen molar-refractivity contribution in [2.75, 3.05) is 7.11 Å². The van der Waals surface area contributed by atoms with Gasteiger partial charge in [-0.15, -0.1) is 0 Å². The van der Waals surface area contributed by atoms with E-state index in [0.29, 0.717) is 5.56 Å². The van der Waals surface area contributed by atoms with E-state index >= 15 is 0 Å². The number of benzene rings is 2. The van der Waals surface area contributed by atoms with Crippen molar-refractivity contribution in [3.63, 3.8) is 0 Å². The van der Waals surface area contributed by atoms with Crippen LogP contribution in [0.5, 0.6) is 5.75 Å². The fourth-order valence-electron chi connectivity index (χ4n) is 2.96. The third-order valence-electron chi connectivity index (χ3n) is 4.24. The summed E-state index contributed by atoms with van der Waals surface area (Å²) in [6.07, 6.45) is 2.11. The molecule has 0 fully saturated rings. The van der Waals surface area contributed by atoms with Gasteiger partial charge in [0.15, 0.2) is 0 Å². The van der Waals surface area contributed by atoms with E-state index in [1.165, 1.54) is 12.7 Å². The van der Waals surface area contributed by atoms with Crippen molar-refractivity contribution < 1.29 is 19.4 Å². The highest BCUT2D eigenvalue weighted by molar-refractivity contribution is 5.91. The molecule has 0 radical (unpaired) electrons. The summed E-state index contributed by atoms with van der Waals surface area (Å²) in [5, 5.41) is 9.79. The Morgan fingerprint density at radius 2 is 2.04 bits per heavy atom. The van der Waals surface area contributed by atoms with Gasteiger partial charge in [0, 0.05) is 5.56 Å². The van der Waals surface area contributed by atoms with Gasteiger partial charge in [-0.05, 0) is 42.5 Å². The number of carbonyl (C=O) groups excluding carboxylic acids is 1. The minimum Gasteiger partial charge on any atom is -0.488 e. The first-order valence-corrected chi connectivity index (χ1v) is 7.79. The summed E-state index contributed by atoms with van der Waals surface area (Å²) < 4.78 is 9.79. The Labute approximate surface area is 135 Å². The lowest BCUT2D eigenvalue weighted by molar-refractivity contribution is 0.0598. The molecule has 0 aromatic heterocycles. The maximum atomic E-state index is 11.5. The van der Waals surface area contributed by atoms with Crippen molar-refractivity contribution in [2.24, 2.45) is 0 Å². The molecule has 0 saturated heterocycles. The molecule has 1 aliphatic heterocycles. The maximum absolute atomic E-state index is 11.5. The Kier molecular flexibility index (Phi) is 4.63. The van der Waals surface area contributed by atoms with Crippen LogP contribution in [0.15, 0.2) is 42.5 Å². The second kappa shape index (κ2) is 6.84. The highest BCUT2D eigenvalue weighted by atomic mass is 16.5. The van der Waals surface area contributed by atoms with Crippen LogP contribution in [0, 0.1) is 0 Å². The predicted octanol–water partition coefficient (Wildman–Crippen LogP) is 3.42. The molecule has 1 heterocycles. The van der Waals surface area contributed by atoms with Crippen molar-refractivity contribution in [2.45, 2.75) is 32.0 Å². The zero-order chi connectivity index (χ0) is 16.2. The van der Waals surface area contributed by atoms with Crippen LogP contribution in [0.25, 0.3) is 0 Å². The maximum Gasteiger partial charge on any atom is 0.338 e. The van der Waals surface area contributed by atoms with Gasteiger partial charge in [0.05, 0.1) is 18.8 Å². The van der Waals surface area contributed by atoms with Crippen molar-refractivity contribution in [1.29, 1.82) is 0 Å². The summed E-state index contributed by atoms with van der Waals surface area (Å²) in [6.45, 7) is 0.802. The van der Waals surface area contributed by atoms with Gasteiger partial charge in [-0.1, -0.05) is 30.3 Å². The molecule has 23 heavy (non-hydrogen) atoms. The average molecular weight is 312 g/mol. The quantitative estimate of drug-likeness (QED) is 0.820. The van der Waals surface area contributed by atoms with E-state index in [1.54, 1.807) is 12.1 Å². The summed E-state index contributed by atoms with van der Waals surface area (Å²) in [7, 11) is 1.38. The highest BCUT2D eigenvalue weighted by Gasteiger charge is 2.22. The third kappa shape index (κ3) is 3.22. The summed E-state index contributed by atoms with van der Waals surface area (Å²) >= 11 is 0. The average Bonchev–Trinajstić information content (AvgIpc) is 2.56. The number of aliphatic hydroxyl groups is 1. The van der Waals surface area contributed by atoms with Crippen LogP contribution in [0.2, 0.25) is 0 Å². The summed E-state index contributed by atoms with van der Waals surface area (Å²) in [4.78, 5) is 11.5. The van der Waals surface area contributed by atoms with Gasteiger partial charge in [-0.3, -0.25) is 0 Å². The Balaban J connectivity index is 0.000000162. The third-order valence-corrected chi connectivity index (χ3v) is 4.24. The van der Waals surface area contributed by atoms with E-state index in [4.69, 9.17) is 9.47 Å². The van der Waals surface area contributed by atoms with E-state index in [9.17, 15) is 9.90 Å². The number of esters is 1. The molecule has 0 amide bonds. The molecule has 2 aliphatic rings. The highest BCUT2D eigenvalue weighted by Crippen LogP contribution is 2.31. The smallest absolute Gasteiger partial charge is 0.338 e. The Morgan fingerprint density at radius 3 is 2.65 bits per heavy atom. The molecular weight excluding hydrogens is 292 g/mol. The molecule has 1 aliphatic carbocycles. The zero-order valence-corrected chi connectivity index (χ0v) is 13.1. The van der Waals surface area contributed by atoms with Crippen molar-refractivity contribution >= 4 is 5.97 Å². The predicted molar refractivity (Wildman–Crippen MR) is 86.5 cm³/mol. The topological polar surface area (TPSA) is 55.8 Å². The lowest BCUT2D eigenvalue weighted by atomic mass is 9.86. The van der Waals surface area contributed by atoms with E-state index in [1.807, 2.05) is 24.3 Å². The van der Waals surface area contributed by atoms with Crippen molar-refractivity contribution in [3.05, 3.63) is 64.7 Å². The first-order valence-electron chi connectivity index (χ1n) is 7.79. The number of hydrogen-bond acceptors (Lipinski definition) is 4. The second-order valence-corrected chi connectivity index (χ2v) is 5.67. The SMILES string of the molecule is COC(=O)c1cccc2c1CCCC2O.c1ccc2c(c1)CO2. The van der Waals surface area contributed by atoms with Gasteiger partial charge in [0.1, 0.15) is 12.4 Å². The van der Waals surface area contributed by atoms with Gasteiger partial charge in [0.25, 0.3) is 0 Å². The summed E-state index contributed by atoms with van der Waals surface area (Å²) in [5.41, 5.74) is 3.74. The van der Waals surface area contributed by atoms with Crippen LogP contribution in [0.1, 0.15) is 46.0 Å². The fraction of sp³-hybridized carbons (Fsp3) is 0.316. The van der Waals surface area contributed by atoms with Crippen LogP contribution < -0.4 is 4.74 Å². The van der Waals surface area contributed by atoms with Gasteiger partial charge in [-0.25, -0.2) is 4.79 Å². The molecule has 1 atom stereocenters. The van der Waals surface area contributed by atoms with Crippen LogP contribution >= 0.6 is 0 Å². The number of fused-ring (bicyclic) bond motifs is 2. The molecule has 120 valence electrons. The molecular formula is C19H20O4. The first kappa shape index (κ1) is 15.6. The molecule has 4 rings (SSSR count). The number of hydrogen-bond donors (Lipinski definition) is 1. The molecule has 4 heteroatoms. The lowest BCUT2D eigenvalue weighted by Gasteiger charge is -2.22. The summed E-state index contributed by atoms with van der Waals surface area (Å²) in [6, 6.07) is 13.5. The molecule has 2 aromatic rings. The number of methoxy groups -OCH3 is 1. The minimum absolute atomic E-state index is 0.319. The summed E-state index contributed by atoms with van der Waals surface area (Å²) in [5.74, 6) is 0.730. The van der Waals surface area contributed by atoms with Gasteiger partial charge >= 0.3 is 5.97 Å². The monoisotopic (exact) mass is 312 g/mol. The molecule has 0 spiro atoms. The molecule has 0 bridgehead atoms. The van der Waals surface area contributed by atoms with E-state index in [0.717, 1.165) is 42.7 Å². The molecule has 1 unspecified atom stereocenters. The number of para-hydroxylation sites is 1. The van der Waals surface area contributed by atoms with Gasteiger partial charge < -0.3 is 14.6 Å². The van der Waals surface area contributed by atoms with Crippen LogP contribution in [-0.2, 0) is 17.8 Å². The van der Waals surface area contributed by atoms with E-state index in [-0.39, 0.29) is 5.97 Å². The number of carbonyl (C=O) groups is 1. The van der Waals surface area contributed by atoms with Crippen LogP contribution in [0.4, 0.5) is 0 Å². The number of rotatable bonds is 1. The van der Waals surface area contributed by atoms with Crippen molar-refractivity contribution in [1.82, 2.24) is 0 Å². The van der Waals surface area contributed by atoms with Gasteiger partial charge in [0.2, 0.25) is 0 Å². The Hall–Kier alpha value is -2.33. The standard InChI is InChI=1S/C12H14O3.C7H6O/c1-15-12(14)10-6-2-5-9-8(10)4-3-7-11(9)13;1-2-4-7-6(3-1)5-8-7/h2,5-6,11,13H,3-4,7H2,1H3;1-4H,5H2.